The molecule has 1 amide bonds. The zero-order chi connectivity index (χ0) is 23.5. The maximum Gasteiger partial charge on any atom is 0.265 e. The zero-order valence-corrected chi connectivity index (χ0v) is 19.0. The predicted octanol–water partition coefficient (Wildman–Crippen LogP) is 6.38. The van der Waals surface area contributed by atoms with Crippen molar-refractivity contribution in [3.05, 3.63) is 90.0 Å². The molecule has 0 N–H and O–H groups in total. The van der Waals surface area contributed by atoms with Crippen LogP contribution in [0.1, 0.15) is 6.42 Å². The van der Waals surface area contributed by atoms with Gasteiger partial charge in [0.05, 0.1) is 29.6 Å². The largest absolute Gasteiger partial charge is 0.482 e. The van der Waals surface area contributed by atoms with Crippen molar-refractivity contribution in [2.75, 3.05) is 18.1 Å². The third-order valence-electron chi connectivity index (χ3n) is 5.72. The first-order valence-corrected chi connectivity index (χ1v) is 11.3. The quantitative estimate of drug-likeness (QED) is 0.343. The van der Waals surface area contributed by atoms with Gasteiger partial charge in [0, 0.05) is 22.7 Å². The molecule has 0 saturated carbocycles. The minimum Gasteiger partial charge on any atom is -0.482 e. The molecule has 0 atom stereocenters. The summed E-state index contributed by atoms with van der Waals surface area (Å²) in [5.74, 6) is 0.464. The number of pyridine rings is 1. The standard InChI is InChI=1S/C28H20ClN3O2/c29-23-10-7-19(8-11-23)22-15-24(20-5-2-1-3-6-20)31-25(16-22)21-9-12-27-26(17-21)32(14-4-13-30)28(33)18-34-27/h1-3,5-12,15-17H,4,14,18H2. The third kappa shape index (κ3) is 4.36. The number of rotatable bonds is 5. The van der Waals surface area contributed by atoms with E-state index in [-0.39, 0.29) is 18.9 Å². The summed E-state index contributed by atoms with van der Waals surface area (Å²) in [6.07, 6.45) is 0.248. The van der Waals surface area contributed by atoms with E-state index in [2.05, 4.69) is 12.1 Å². The van der Waals surface area contributed by atoms with E-state index in [1.807, 2.05) is 78.9 Å². The van der Waals surface area contributed by atoms with Crippen molar-refractivity contribution in [1.29, 1.82) is 5.26 Å². The highest BCUT2D eigenvalue weighted by Crippen LogP contribution is 2.37. The van der Waals surface area contributed by atoms with Gasteiger partial charge in [-0.3, -0.25) is 4.79 Å². The Balaban J connectivity index is 1.64. The Morgan fingerprint density at radius 1 is 0.882 bits per heavy atom. The highest BCUT2D eigenvalue weighted by Gasteiger charge is 2.26. The lowest BCUT2D eigenvalue weighted by atomic mass is 9.99. The molecule has 0 spiro atoms. The average molecular weight is 466 g/mol. The zero-order valence-electron chi connectivity index (χ0n) is 18.2. The summed E-state index contributed by atoms with van der Waals surface area (Å²) < 4.78 is 5.63. The number of hydrogen-bond acceptors (Lipinski definition) is 4. The summed E-state index contributed by atoms with van der Waals surface area (Å²) in [5.41, 5.74) is 6.16. The number of anilines is 1. The second-order valence-corrected chi connectivity index (χ2v) is 8.36. The van der Waals surface area contributed by atoms with Crippen molar-refractivity contribution in [2.24, 2.45) is 0 Å². The SMILES string of the molecule is N#CCCN1C(=O)COc2ccc(-c3cc(-c4ccc(Cl)cc4)cc(-c4ccccc4)n3)cc21. The van der Waals surface area contributed by atoms with Crippen molar-refractivity contribution in [3.63, 3.8) is 0 Å². The first kappa shape index (κ1) is 21.7. The molecule has 0 aliphatic carbocycles. The topological polar surface area (TPSA) is 66.2 Å². The molecule has 34 heavy (non-hydrogen) atoms. The van der Waals surface area contributed by atoms with Crippen LogP contribution in [0.4, 0.5) is 5.69 Å². The minimum atomic E-state index is -0.159. The molecule has 1 aliphatic rings. The van der Waals surface area contributed by atoms with Gasteiger partial charge in [-0.05, 0) is 53.6 Å². The predicted molar refractivity (Wildman–Crippen MR) is 134 cm³/mol. The monoisotopic (exact) mass is 465 g/mol. The van der Waals surface area contributed by atoms with E-state index < -0.39 is 0 Å². The van der Waals surface area contributed by atoms with Crippen LogP contribution in [0.15, 0.2) is 84.9 Å². The maximum absolute atomic E-state index is 12.5. The van der Waals surface area contributed by atoms with Crippen LogP contribution in [0, 0.1) is 11.3 Å². The normalized spacial score (nSPS) is 12.6. The van der Waals surface area contributed by atoms with Crippen molar-refractivity contribution in [3.8, 4) is 45.5 Å². The summed E-state index contributed by atoms with van der Waals surface area (Å²) in [7, 11) is 0. The summed E-state index contributed by atoms with van der Waals surface area (Å²) >= 11 is 6.11. The molecule has 2 heterocycles. The first-order valence-electron chi connectivity index (χ1n) is 10.9. The Bertz CT molecular complexity index is 1400. The maximum atomic E-state index is 12.5. The molecule has 0 fully saturated rings. The number of nitriles is 1. The molecule has 3 aromatic carbocycles. The number of carbonyl (C=O) groups is 1. The Morgan fingerprint density at radius 3 is 2.32 bits per heavy atom. The number of ether oxygens (including phenoxy) is 1. The van der Waals surface area contributed by atoms with Gasteiger partial charge in [0.25, 0.3) is 5.91 Å². The molecular formula is C28H20ClN3O2. The smallest absolute Gasteiger partial charge is 0.265 e. The molecule has 1 aliphatic heterocycles. The Morgan fingerprint density at radius 2 is 1.59 bits per heavy atom. The molecule has 0 bridgehead atoms. The van der Waals surface area contributed by atoms with Crippen LogP contribution in [0.2, 0.25) is 5.02 Å². The highest BCUT2D eigenvalue weighted by atomic mass is 35.5. The Labute approximate surface area is 202 Å². The van der Waals surface area contributed by atoms with E-state index in [0.717, 1.165) is 33.6 Å². The van der Waals surface area contributed by atoms with E-state index >= 15 is 0 Å². The molecule has 166 valence electrons. The van der Waals surface area contributed by atoms with Gasteiger partial charge < -0.3 is 9.64 Å². The van der Waals surface area contributed by atoms with Crippen molar-refractivity contribution >= 4 is 23.2 Å². The van der Waals surface area contributed by atoms with Crippen molar-refractivity contribution < 1.29 is 9.53 Å². The van der Waals surface area contributed by atoms with Crippen LogP contribution < -0.4 is 9.64 Å². The fourth-order valence-corrected chi connectivity index (χ4v) is 4.14. The number of nitrogens with zero attached hydrogens (tertiary/aromatic N) is 3. The molecule has 0 saturated heterocycles. The second kappa shape index (κ2) is 9.38. The van der Waals surface area contributed by atoms with Crippen molar-refractivity contribution in [2.45, 2.75) is 6.42 Å². The number of halogens is 1. The van der Waals surface area contributed by atoms with Gasteiger partial charge in [-0.2, -0.15) is 5.26 Å². The number of carbonyl (C=O) groups excluding carboxylic acids is 1. The van der Waals surface area contributed by atoms with Crippen molar-refractivity contribution in [1.82, 2.24) is 4.98 Å². The lowest BCUT2D eigenvalue weighted by Crippen LogP contribution is -2.39. The van der Waals surface area contributed by atoms with Crippen LogP contribution in [-0.2, 0) is 4.79 Å². The van der Waals surface area contributed by atoms with Gasteiger partial charge in [-0.1, -0.05) is 54.1 Å². The molecule has 5 rings (SSSR count). The van der Waals surface area contributed by atoms with Crippen LogP contribution in [0.3, 0.4) is 0 Å². The third-order valence-corrected chi connectivity index (χ3v) is 5.97. The van der Waals surface area contributed by atoms with Gasteiger partial charge in [0.2, 0.25) is 0 Å². The molecule has 5 nitrogen and oxygen atoms in total. The van der Waals surface area contributed by atoms with E-state index in [4.69, 9.17) is 26.6 Å². The number of amides is 1. The van der Waals surface area contributed by atoms with Crippen LogP contribution in [0.5, 0.6) is 5.75 Å². The average Bonchev–Trinajstić information content (AvgIpc) is 2.88. The Kier molecular flexibility index (Phi) is 5.99. The number of benzene rings is 3. The van der Waals surface area contributed by atoms with Gasteiger partial charge in [-0.15, -0.1) is 0 Å². The second-order valence-electron chi connectivity index (χ2n) is 7.92. The molecule has 4 aromatic rings. The van der Waals surface area contributed by atoms with Gasteiger partial charge in [-0.25, -0.2) is 4.98 Å². The van der Waals surface area contributed by atoms with E-state index in [1.165, 1.54) is 0 Å². The van der Waals surface area contributed by atoms with E-state index in [9.17, 15) is 4.79 Å². The summed E-state index contributed by atoms with van der Waals surface area (Å²) in [5, 5.41) is 9.70. The summed E-state index contributed by atoms with van der Waals surface area (Å²) in [6, 6.07) is 29.6. The van der Waals surface area contributed by atoms with Gasteiger partial charge >= 0.3 is 0 Å². The first-order chi connectivity index (χ1) is 16.6. The molecule has 0 unspecified atom stereocenters. The molecular weight excluding hydrogens is 446 g/mol. The fraction of sp³-hybridized carbons (Fsp3) is 0.107. The lowest BCUT2D eigenvalue weighted by Gasteiger charge is -2.29. The Hall–Kier alpha value is -4.14. The fourth-order valence-electron chi connectivity index (χ4n) is 4.01. The van der Waals surface area contributed by atoms with E-state index in [0.29, 0.717) is 23.0 Å². The molecule has 0 radical (unpaired) electrons. The number of hydrogen-bond donors (Lipinski definition) is 0. The highest BCUT2D eigenvalue weighted by molar-refractivity contribution is 6.30. The van der Waals surface area contributed by atoms with Crippen LogP contribution >= 0.6 is 11.6 Å². The summed E-state index contributed by atoms with van der Waals surface area (Å²) in [6.45, 7) is 0.295. The lowest BCUT2D eigenvalue weighted by molar-refractivity contribution is -0.121. The minimum absolute atomic E-state index is 0.0275. The van der Waals surface area contributed by atoms with E-state index in [1.54, 1.807) is 4.90 Å². The molecule has 1 aromatic heterocycles. The molecule has 6 heteroatoms. The van der Waals surface area contributed by atoms with Gasteiger partial charge in [0.1, 0.15) is 5.75 Å². The number of fused-ring (bicyclic) bond motifs is 1. The summed E-state index contributed by atoms with van der Waals surface area (Å²) in [4.78, 5) is 19.0. The van der Waals surface area contributed by atoms with Crippen LogP contribution in [0.25, 0.3) is 33.6 Å². The number of aromatic nitrogens is 1. The van der Waals surface area contributed by atoms with Crippen LogP contribution in [-0.4, -0.2) is 24.0 Å². The van der Waals surface area contributed by atoms with Gasteiger partial charge in [0.15, 0.2) is 6.61 Å².